The molecule has 6 aliphatic rings. The molecule has 6 rings (SSSR count). The molecule has 276 valence electrons. The number of thioether (sulfide) groups is 1. The van der Waals surface area contributed by atoms with Crippen LogP contribution in [-0.2, 0) is 28.5 Å². The van der Waals surface area contributed by atoms with Gasteiger partial charge in [0.05, 0.1) is 46.4 Å². The van der Waals surface area contributed by atoms with Crippen LogP contribution < -0.4 is 0 Å². The molecule has 49 heavy (non-hydrogen) atoms. The highest BCUT2D eigenvalue weighted by Gasteiger charge is 2.54. The molecule has 2 N–H and O–H groups in total. The third-order valence-corrected chi connectivity index (χ3v) is 14.4. The fraction of sp³-hybridized carbons (Fsp3) is 0.850. The lowest BCUT2D eigenvalue weighted by atomic mass is 9.76. The maximum absolute atomic E-state index is 13.7. The van der Waals surface area contributed by atoms with Crippen LogP contribution >= 0.6 is 11.8 Å². The number of carbonyl (C=O) groups excluding carboxylic acids is 2. The first-order valence-electron chi connectivity index (χ1n) is 19.2. The van der Waals surface area contributed by atoms with Gasteiger partial charge in [-0.3, -0.25) is 9.59 Å². The van der Waals surface area contributed by atoms with Crippen LogP contribution in [0.2, 0.25) is 0 Å². The topological polar surface area (TPSA) is 118 Å². The SMILES string of the molecule is C/C1=C/CC[C@](C)(O)[C@@H]2C[C@@H](CC[C@]3(C)O[C@H]3CC1)[C@@H](CSC[C@H]1C(=O)O[C@H]3C[C@H]1CC[C@]1(C)O[C@H]1CC/C(C)=C\CC[C@]3(C)O)C(=O)O2. The Labute approximate surface area is 298 Å². The summed E-state index contributed by atoms with van der Waals surface area (Å²) in [5.41, 5.74) is 0.123. The van der Waals surface area contributed by atoms with E-state index in [1.165, 1.54) is 11.1 Å². The average Bonchev–Trinajstić information content (AvgIpc) is 3.90. The van der Waals surface area contributed by atoms with E-state index in [0.717, 1.165) is 64.2 Å². The van der Waals surface area contributed by atoms with E-state index in [1.807, 2.05) is 13.8 Å². The number of fused-ring (bicyclic) bond motifs is 6. The van der Waals surface area contributed by atoms with E-state index >= 15 is 0 Å². The molecule has 0 saturated carbocycles. The molecule has 12 atom stereocenters. The normalized spacial score (nSPS) is 48.8. The first-order valence-corrected chi connectivity index (χ1v) is 20.3. The van der Waals surface area contributed by atoms with E-state index in [9.17, 15) is 19.8 Å². The average molecular weight is 703 g/mol. The number of hydrogen-bond acceptors (Lipinski definition) is 9. The van der Waals surface area contributed by atoms with Crippen molar-refractivity contribution in [3.05, 3.63) is 23.3 Å². The monoisotopic (exact) mass is 702 g/mol. The zero-order valence-corrected chi connectivity index (χ0v) is 31.7. The minimum Gasteiger partial charge on any atom is -0.459 e. The largest absolute Gasteiger partial charge is 0.459 e. The van der Waals surface area contributed by atoms with Crippen molar-refractivity contribution in [2.75, 3.05) is 11.5 Å². The Bertz CT molecular complexity index is 1190. The number of epoxide rings is 2. The Morgan fingerprint density at radius 3 is 1.47 bits per heavy atom. The summed E-state index contributed by atoms with van der Waals surface area (Å²) in [7, 11) is 0. The number of hydrogen-bond donors (Lipinski definition) is 2. The molecule has 0 unspecified atom stereocenters. The Hall–Kier alpha value is -1.39. The summed E-state index contributed by atoms with van der Waals surface area (Å²) in [5, 5.41) is 22.9. The molecule has 0 radical (unpaired) electrons. The van der Waals surface area contributed by atoms with Gasteiger partial charge >= 0.3 is 11.9 Å². The molecule has 4 fully saturated rings. The molecule has 4 saturated heterocycles. The molecule has 9 heteroatoms. The minimum absolute atomic E-state index is 0.0702. The molecule has 0 amide bonds. The second-order valence-corrected chi connectivity index (χ2v) is 18.6. The number of esters is 2. The van der Waals surface area contributed by atoms with Gasteiger partial charge in [-0.15, -0.1) is 0 Å². The maximum Gasteiger partial charge on any atom is 0.310 e. The van der Waals surface area contributed by atoms with Crippen LogP contribution in [0.1, 0.15) is 131 Å². The zero-order valence-electron chi connectivity index (χ0n) is 30.8. The number of carbonyl (C=O) groups is 2. The van der Waals surface area contributed by atoms with Gasteiger partial charge < -0.3 is 29.2 Å². The van der Waals surface area contributed by atoms with Crippen molar-refractivity contribution in [2.45, 2.75) is 178 Å². The molecular weight excluding hydrogens is 640 g/mol. The molecule has 4 bridgehead atoms. The van der Waals surface area contributed by atoms with Crippen LogP contribution in [0.25, 0.3) is 0 Å². The summed E-state index contributed by atoms with van der Waals surface area (Å²) in [5.74, 6) is 0.186. The summed E-state index contributed by atoms with van der Waals surface area (Å²) in [4.78, 5) is 27.4. The van der Waals surface area contributed by atoms with E-state index in [4.69, 9.17) is 18.9 Å². The van der Waals surface area contributed by atoms with E-state index in [2.05, 4.69) is 39.8 Å². The molecule has 4 aliphatic heterocycles. The van der Waals surface area contributed by atoms with E-state index in [0.29, 0.717) is 37.2 Å². The summed E-state index contributed by atoms with van der Waals surface area (Å²) in [6, 6.07) is 0. The van der Waals surface area contributed by atoms with Gasteiger partial charge in [0.15, 0.2) is 0 Å². The van der Waals surface area contributed by atoms with Crippen molar-refractivity contribution in [1.82, 2.24) is 0 Å². The lowest BCUT2D eigenvalue weighted by molar-refractivity contribution is -0.184. The Kier molecular flexibility index (Phi) is 11.1. The zero-order chi connectivity index (χ0) is 35.2. The van der Waals surface area contributed by atoms with Crippen LogP contribution in [0, 0.1) is 23.7 Å². The summed E-state index contributed by atoms with van der Waals surface area (Å²) >= 11 is 1.65. The third kappa shape index (κ3) is 8.81. The van der Waals surface area contributed by atoms with Gasteiger partial charge in [-0.25, -0.2) is 0 Å². The smallest absolute Gasteiger partial charge is 0.310 e. The first kappa shape index (κ1) is 37.4. The fourth-order valence-corrected chi connectivity index (χ4v) is 10.6. The highest BCUT2D eigenvalue weighted by atomic mass is 32.2. The van der Waals surface area contributed by atoms with Crippen LogP contribution in [0.4, 0.5) is 0 Å². The van der Waals surface area contributed by atoms with Crippen molar-refractivity contribution >= 4 is 23.7 Å². The van der Waals surface area contributed by atoms with Gasteiger partial charge in [0.2, 0.25) is 0 Å². The number of allylic oxidation sites excluding steroid dienone is 4. The molecule has 0 aromatic carbocycles. The Morgan fingerprint density at radius 1 is 0.653 bits per heavy atom. The molecule has 8 nitrogen and oxygen atoms in total. The van der Waals surface area contributed by atoms with E-state index in [-0.39, 0.29) is 59.0 Å². The second kappa shape index (κ2) is 14.6. The number of aliphatic hydroxyl groups is 2. The summed E-state index contributed by atoms with van der Waals surface area (Å²) < 4.78 is 24.5. The first-order chi connectivity index (χ1) is 23.1. The predicted molar refractivity (Wildman–Crippen MR) is 191 cm³/mol. The third-order valence-electron chi connectivity index (χ3n) is 13.3. The van der Waals surface area contributed by atoms with Gasteiger partial charge in [0.1, 0.15) is 12.2 Å². The van der Waals surface area contributed by atoms with Gasteiger partial charge in [0, 0.05) is 11.5 Å². The lowest BCUT2D eigenvalue weighted by Gasteiger charge is -2.42. The van der Waals surface area contributed by atoms with Crippen molar-refractivity contribution in [1.29, 1.82) is 0 Å². The summed E-state index contributed by atoms with van der Waals surface area (Å²) in [6.07, 6.45) is 15.1. The molecule has 0 aromatic heterocycles. The molecule has 0 spiro atoms. The van der Waals surface area contributed by atoms with Gasteiger partial charge in [-0.1, -0.05) is 23.3 Å². The standard InChI is InChI=1S/C40H62O8S/c1-25-9-7-17-37(3,43)33-21-27(15-19-39(5)31(47-39)13-11-25)29(35(41)45-33)23-49-24-30-28-16-20-40(6)32(48-40)14-12-26(2)10-8-18-38(4,44)34(22-28)46-36(30)42/h9-10,27-34,43-44H,7-8,11-24H2,1-6H3/b25-9-,26-10-/t27-,28-,29-,30-,31+,32+,33+,34+,37+,38+,39+,40+/m1/s1. The second-order valence-electron chi connectivity index (χ2n) is 17.5. The lowest BCUT2D eigenvalue weighted by Crippen LogP contribution is -2.51. The molecular formula is C40H62O8S. The van der Waals surface area contributed by atoms with Crippen molar-refractivity contribution < 1.29 is 38.7 Å². The highest BCUT2D eigenvalue weighted by molar-refractivity contribution is 7.99. The Morgan fingerprint density at radius 2 is 1.06 bits per heavy atom. The van der Waals surface area contributed by atoms with Crippen LogP contribution in [-0.4, -0.2) is 80.5 Å². The highest BCUT2D eigenvalue weighted by Crippen LogP contribution is 2.49. The Balaban J connectivity index is 1.13. The minimum atomic E-state index is -1.10. The van der Waals surface area contributed by atoms with Crippen molar-refractivity contribution in [3.63, 3.8) is 0 Å². The number of ether oxygens (including phenoxy) is 4. The van der Waals surface area contributed by atoms with Crippen LogP contribution in [0.3, 0.4) is 0 Å². The number of rotatable bonds is 4. The summed E-state index contributed by atoms with van der Waals surface area (Å²) in [6.45, 7) is 12.3. The quantitative estimate of drug-likeness (QED) is 0.178. The van der Waals surface area contributed by atoms with Gasteiger partial charge in [0.25, 0.3) is 0 Å². The van der Waals surface area contributed by atoms with E-state index < -0.39 is 23.4 Å². The van der Waals surface area contributed by atoms with Gasteiger partial charge in [-0.2, -0.15) is 11.8 Å². The van der Waals surface area contributed by atoms with Crippen molar-refractivity contribution in [2.24, 2.45) is 23.7 Å². The van der Waals surface area contributed by atoms with Gasteiger partial charge in [-0.05, 0) is 143 Å². The van der Waals surface area contributed by atoms with Crippen LogP contribution in [0.5, 0.6) is 0 Å². The molecule has 0 aromatic rings. The predicted octanol–water partition coefficient (Wildman–Crippen LogP) is 7.23. The molecule has 4 heterocycles. The molecule has 2 aliphatic carbocycles. The van der Waals surface area contributed by atoms with Crippen LogP contribution in [0.15, 0.2) is 23.3 Å². The maximum atomic E-state index is 13.7. The van der Waals surface area contributed by atoms with Crippen molar-refractivity contribution in [3.8, 4) is 0 Å². The van der Waals surface area contributed by atoms with E-state index in [1.54, 1.807) is 11.8 Å². The fourth-order valence-electron chi connectivity index (χ4n) is 9.10.